The number of pyridine rings is 3. The minimum atomic E-state index is -1.57. The Balaban J connectivity index is 0.000000217. The number of methoxy groups -OCH3 is 3. The maximum atomic E-state index is 14.1. The molecule has 502 valence electrons. The molecule has 3 aromatic carbocycles. The van der Waals surface area contributed by atoms with E-state index in [1.807, 2.05) is 20.8 Å². The van der Waals surface area contributed by atoms with Crippen LogP contribution in [0.25, 0.3) is 42.0 Å². The van der Waals surface area contributed by atoms with Crippen LogP contribution in [-0.4, -0.2) is 148 Å². The van der Waals surface area contributed by atoms with Gasteiger partial charge in [0.1, 0.15) is 53.9 Å². The molecule has 0 saturated carbocycles. The molecule has 22 nitrogen and oxygen atoms in total. The fourth-order valence-electron chi connectivity index (χ4n) is 10.3. The largest absolute Gasteiger partial charge is 0.508 e. The molecule has 8 N–H and O–H groups in total. The Bertz CT molecular complexity index is 4130. The third kappa shape index (κ3) is 18.6. The van der Waals surface area contributed by atoms with Crippen molar-refractivity contribution in [2.24, 2.45) is 23.5 Å². The maximum Gasteiger partial charge on any atom is 0.255 e. The number of ether oxygens (including phenoxy) is 6. The lowest BCUT2D eigenvalue weighted by atomic mass is 9.97. The Morgan fingerprint density at radius 3 is 1.22 bits per heavy atom. The molecule has 95 heavy (non-hydrogen) atoms. The number of nitrogens with zero attached hydrogens (tertiary/aromatic N) is 5. The van der Waals surface area contributed by atoms with Crippen molar-refractivity contribution in [3.63, 3.8) is 0 Å². The van der Waals surface area contributed by atoms with Crippen molar-refractivity contribution in [3.8, 4) is 70.9 Å². The molecule has 3 fully saturated rings. The summed E-state index contributed by atoms with van der Waals surface area (Å²) >= 11 is 3.43. The summed E-state index contributed by atoms with van der Waals surface area (Å²) in [6, 6.07) is 8.38. The van der Waals surface area contributed by atoms with E-state index >= 15 is 0 Å². The number of nitrogens with two attached hydrogens (primary N) is 1. The number of aliphatic hydroxyl groups is 3. The highest BCUT2D eigenvalue weighted by molar-refractivity contribution is 9.10. The number of aromatic nitrogens is 3. The minimum Gasteiger partial charge on any atom is -0.508 e. The Morgan fingerprint density at radius 1 is 0.579 bits per heavy atom. The number of alkyl halides is 3. The molecule has 9 rings (SSSR count). The number of fused-ring (bicyclic) bond motifs is 3. The molecule has 6 aromatic rings. The van der Waals surface area contributed by atoms with Gasteiger partial charge in [-0.3, -0.25) is 19.2 Å². The van der Waals surface area contributed by atoms with Gasteiger partial charge in [0, 0.05) is 67.9 Å². The van der Waals surface area contributed by atoms with Crippen molar-refractivity contribution < 1.29 is 76.1 Å². The second-order valence-corrected chi connectivity index (χ2v) is 24.6. The third-order valence-electron chi connectivity index (χ3n) is 15.3. The van der Waals surface area contributed by atoms with E-state index in [2.05, 4.69) is 86.1 Å². The zero-order chi connectivity index (χ0) is 70.4. The smallest absolute Gasteiger partial charge is 0.255 e. The first kappa shape index (κ1) is 74.4. The molecule has 0 aliphatic carbocycles. The monoisotopic (exact) mass is 1370 g/mol. The molecular formula is C69H75BrF3N9O13. The van der Waals surface area contributed by atoms with Gasteiger partial charge in [-0.25, -0.2) is 37.8 Å². The zero-order valence-electron chi connectivity index (χ0n) is 54.5. The number of amides is 4. The molecule has 6 heterocycles. The Kier molecular flexibility index (Phi) is 25.1. The van der Waals surface area contributed by atoms with E-state index in [1.165, 1.54) is 39.8 Å². The van der Waals surface area contributed by atoms with E-state index in [0.717, 1.165) is 9.86 Å². The van der Waals surface area contributed by atoms with Gasteiger partial charge in [-0.2, -0.15) is 0 Å². The molecule has 0 bridgehead atoms. The summed E-state index contributed by atoms with van der Waals surface area (Å²) < 4.78 is 76.2. The summed E-state index contributed by atoms with van der Waals surface area (Å²) in [5, 5.41) is 40.0. The van der Waals surface area contributed by atoms with Crippen LogP contribution in [0, 0.1) is 66.9 Å². The molecule has 0 radical (unpaired) electrons. The molecule has 3 aliphatic rings. The van der Waals surface area contributed by atoms with Crippen molar-refractivity contribution in [2.45, 2.75) is 135 Å². The second kappa shape index (κ2) is 32.0. The molecule has 3 aliphatic heterocycles. The predicted molar refractivity (Wildman–Crippen MR) is 353 cm³/mol. The highest BCUT2D eigenvalue weighted by atomic mass is 79.9. The lowest BCUT2D eigenvalue weighted by Crippen LogP contribution is -2.34. The van der Waals surface area contributed by atoms with Crippen LogP contribution < -0.4 is 50.1 Å². The Morgan fingerprint density at radius 2 is 0.905 bits per heavy atom. The SMILES string of the molecule is C#CC(C)(C)O.CC[C@@H]1[C@H](F)C(=O)N[C@@H]1COc1ncc(C#CC(C)(C)O)c2cc(C(N)=O)c(OC)cc12.[C-]#[N+]c1cc2c(Br)cnc(OC[C@H]3NC(=O)[C@@H](F)[C@H]3CC)c2cc1OC.[C-]#[N+]c1cc2c(C#CC(C)(C)O)cnc(OC[C@H]3NC(=O)[C@@H](F)[C@H]3CC)c2cc1OC. The summed E-state index contributed by atoms with van der Waals surface area (Å²) in [6.45, 7) is 29.7. The molecule has 0 spiro atoms. The summed E-state index contributed by atoms with van der Waals surface area (Å²) in [5.74, 6) is 11.2. The average molecular weight is 1380 g/mol. The number of terminal acetylenes is 1. The highest BCUT2D eigenvalue weighted by Crippen LogP contribution is 2.41. The van der Waals surface area contributed by atoms with Gasteiger partial charge in [-0.15, -0.1) is 6.42 Å². The normalized spacial score (nSPS) is 20.3. The van der Waals surface area contributed by atoms with Crippen molar-refractivity contribution in [3.05, 3.63) is 99.0 Å². The van der Waals surface area contributed by atoms with Gasteiger partial charge in [0.15, 0.2) is 18.5 Å². The van der Waals surface area contributed by atoms with E-state index in [0.29, 0.717) is 86.1 Å². The molecule has 9 atom stereocenters. The zero-order valence-corrected chi connectivity index (χ0v) is 56.0. The first-order valence-corrected chi connectivity index (χ1v) is 30.7. The van der Waals surface area contributed by atoms with Crippen molar-refractivity contribution >= 4 is 83.3 Å². The minimum absolute atomic E-state index is 0.0152. The molecule has 26 heteroatoms. The van der Waals surface area contributed by atoms with Crippen molar-refractivity contribution in [1.82, 2.24) is 30.9 Å². The standard InChI is InChI=1S/C23H26FN3O5.C23H24FN3O4.C18H17BrFN3O3.C5H8O/c1-5-13-17(27-21(29)19(13)24)11-32-22-15-9-18(31-4)16(20(25)28)8-14(15)12(10-26-22)6-7-23(2,3)30;1-6-14-18(27-21(28)20(14)24)12-31-22-16-10-19(30-5)17(25-4)9-15(16)13(11-26-22)7-8-23(2,3)29;1-4-9-14(23-17(24)16(9)20)8-26-18-11-6-15(25-3)13(21-2)5-10(11)12(19)7-22-18;1-4-5(2,3)6/h8-10,13,17,19,30H,5,11H2,1-4H3,(H2,25,28)(H,27,29);9-11,14,18,20,29H,6,12H2,1-3,5H3,(H,27,28);5-7,9,14,16H,4,8H2,1,3H3,(H,23,24);1,6H,2-3H3/t13-,17+,19-;14-,18+,20-;9-,14+,16-;/m000./s1. The first-order chi connectivity index (χ1) is 44.8. The Hall–Kier alpha value is -9.62. The number of rotatable bonds is 16. The van der Waals surface area contributed by atoms with E-state index in [1.54, 1.807) is 78.1 Å². The van der Waals surface area contributed by atoms with Crippen LogP contribution in [-0.2, 0) is 14.4 Å². The van der Waals surface area contributed by atoms with Gasteiger partial charge >= 0.3 is 0 Å². The van der Waals surface area contributed by atoms with E-state index in [9.17, 15) is 42.6 Å². The number of benzene rings is 3. The number of hydrogen-bond acceptors (Lipinski definition) is 16. The number of carbonyl (C=O) groups is 4. The predicted octanol–water partition coefficient (Wildman–Crippen LogP) is 9.05. The number of primary amides is 1. The lowest BCUT2D eigenvalue weighted by Gasteiger charge is -2.19. The molecule has 3 saturated heterocycles. The van der Waals surface area contributed by atoms with Crippen LogP contribution in [0.3, 0.4) is 0 Å². The quantitative estimate of drug-likeness (QED) is 0.0351. The summed E-state index contributed by atoms with van der Waals surface area (Å²) in [4.78, 5) is 66.8. The van der Waals surface area contributed by atoms with Gasteiger partial charge < -0.3 is 65.4 Å². The topological polar surface area (TPSA) is 294 Å². The molecular weight excluding hydrogens is 1300 g/mol. The van der Waals surface area contributed by atoms with Crippen molar-refractivity contribution in [2.75, 3.05) is 41.2 Å². The average Bonchev–Trinajstić information content (AvgIpc) is 1.52. The van der Waals surface area contributed by atoms with E-state index in [4.69, 9.17) is 58.8 Å². The summed E-state index contributed by atoms with van der Waals surface area (Å²) in [5.41, 5.74) is 3.92. The second-order valence-electron chi connectivity index (χ2n) is 23.7. The van der Waals surface area contributed by atoms with Crippen LogP contribution in [0.1, 0.15) is 103 Å². The van der Waals surface area contributed by atoms with E-state index in [-0.39, 0.29) is 42.9 Å². The first-order valence-electron chi connectivity index (χ1n) is 29.9. The summed E-state index contributed by atoms with van der Waals surface area (Å²) in [6.07, 6.45) is 6.21. The van der Waals surface area contributed by atoms with Gasteiger partial charge in [0.2, 0.25) is 29.0 Å². The molecule has 3 aromatic heterocycles. The number of nitrogens with one attached hydrogen (secondary N) is 3. The number of carbonyl (C=O) groups excluding carboxylic acids is 4. The Labute approximate surface area is 557 Å². The van der Waals surface area contributed by atoms with Gasteiger partial charge in [0.25, 0.3) is 23.6 Å². The van der Waals surface area contributed by atoms with Crippen molar-refractivity contribution in [1.29, 1.82) is 0 Å². The van der Waals surface area contributed by atoms with E-state index < -0.39 is 94.8 Å². The number of halogens is 4. The van der Waals surface area contributed by atoms with Gasteiger partial charge in [-0.05, 0) is 124 Å². The van der Waals surface area contributed by atoms with Gasteiger partial charge in [-0.1, -0.05) is 50.4 Å². The fourth-order valence-corrected chi connectivity index (χ4v) is 10.7. The molecule has 0 unspecified atom stereocenters. The maximum absolute atomic E-state index is 14.1. The fraction of sp³-hybridized carbons (Fsp3) is 0.435. The van der Waals surface area contributed by atoms with Crippen LogP contribution in [0.2, 0.25) is 0 Å². The van der Waals surface area contributed by atoms with Crippen LogP contribution in [0.5, 0.6) is 34.9 Å². The number of hydrogen-bond donors (Lipinski definition) is 7. The summed E-state index contributed by atoms with van der Waals surface area (Å²) in [7, 11) is 4.35. The van der Waals surface area contributed by atoms with Crippen LogP contribution in [0.4, 0.5) is 24.5 Å². The highest BCUT2D eigenvalue weighted by Gasteiger charge is 2.44. The van der Waals surface area contributed by atoms with Crippen LogP contribution in [0.15, 0.2) is 59.5 Å². The third-order valence-corrected chi connectivity index (χ3v) is 15.9. The molecule has 4 amide bonds. The lowest BCUT2D eigenvalue weighted by molar-refractivity contribution is -0.124. The van der Waals surface area contributed by atoms with Gasteiger partial charge in [0.05, 0.1) is 63.7 Å². The van der Waals surface area contributed by atoms with Crippen LogP contribution >= 0.6 is 15.9 Å².